The van der Waals surface area contributed by atoms with Gasteiger partial charge in [0.15, 0.2) is 12.4 Å². The molecular weight excluding hydrogens is 336 g/mol. The average Bonchev–Trinajstić information content (AvgIpc) is 2.91. The molecule has 0 bridgehead atoms. The normalized spacial score (nSPS) is 10.4. The number of ether oxygens (including phenoxy) is 1. The first-order valence-corrected chi connectivity index (χ1v) is 8.31. The number of carboxylic acids is 1. The number of hydrogen-bond acceptors (Lipinski definition) is 4. The number of carboxylic acid groups (broad SMARTS) is 1. The number of Topliss-reactive ketones (excluding diaryl/α,β-unsaturated/α-hetero) is 1. The summed E-state index contributed by atoms with van der Waals surface area (Å²) in [6, 6.07) is 6.39. The van der Waals surface area contributed by atoms with E-state index in [1.165, 1.54) is 6.92 Å². The largest absolute Gasteiger partial charge is 0.482 e. The molecular formula is C19H22N2O5. The third-order valence-electron chi connectivity index (χ3n) is 3.84. The molecule has 7 nitrogen and oxygen atoms in total. The molecule has 0 atom stereocenters. The molecule has 0 aliphatic carbocycles. The summed E-state index contributed by atoms with van der Waals surface area (Å²) in [5.74, 6) is -1.06. The van der Waals surface area contributed by atoms with Gasteiger partial charge in [-0.15, -0.1) is 0 Å². The van der Waals surface area contributed by atoms with E-state index >= 15 is 0 Å². The van der Waals surface area contributed by atoms with Crippen LogP contribution in [0.3, 0.4) is 0 Å². The van der Waals surface area contributed by atoms with Gasteiger partial charge in [-0.05, 0) is 50.1 Å². The SMILES string of the molecule is CCCc1c(C(=O)Nc2ccc(OCC(=O)O)cc2)[nH]c(C)c1C(C)=O. The van der Waals surface area contributed by atoms with E-state index in [0.29, 0.717) is 34.8 Å². The number of nitrogens with one attached hydrogen (secondary N) is 2. The van der Waals surface area contributed by atoms with Crippen molar-refractivity contribution in [1.82, 2.24) is 4.98 Å². The Hall–Kier alpha value is -3.09. The molecule has 1 amide bonds. The first-order chi connectivity index (χ1) is 12.3. The van der Waals surface area contributed by atoms with Crippen molar-refractivity contribution in [3.8, 4) is 5.75 Å². The number of ketones is 1. The maximum atomic E-state index is 12.6. The fraction of sp³-hybridized carbons (Fsp3) is 0.316. The zero-order chi connectivity index (χ0) is 19.3. The molecule has 1 aromatic heterocycles. The van der Waals surface area contributed by atoms with Crippen molar-refractivity contribution in [3.63, 3.8) is 0 Å². The number of aromatic amines is 1. The van der Waals surface area contributed by atoms with Crippen molar-refractivity contribution in [2.75, 3.05) is 11.9 Å². The Morgan fingerprint density at radius 2 is 1.85 bits per heavy atom. The Bertz CT molecular complexity index is 821. The van der Waals surface area contributed by atoms with Crippen molar-refractivity contribution in [2.24, 2.45) is 0 Å². The number of anilines is 1. The highest BCUT2D eigenvalue weighted by molar-refractivity contribution is 6.07. The lowest BCUT2D eigenvalue weighted by Crippen LogP contribution is -2.15. The summed E-state index contributed by atoms with van der Waals surface area (Å²) in [7, 11) is 0. The van der Waals surface area contributed by atoms with E-state index in [2.05, 4.69) is 10.3 Å². The molecule has 26 heavy (non-hydrogen) atoms. The molecule has 0 fully saturated rings. The van der Waals surface area contributed by atoms with E-state index < -0.39 is 12.6 Å². The topological polar surface area (TPSA) is 108 Å². The summed E-state index contributed by atoms with van der Waals surface area (Å²) in [5, 5.41) is 11.4. The molecule has 0 spiro atoms. The van der Waals surface area contributed by atoms with E-state index in [4.69, 9.17) is 9.84 Å². The lowest BCUT2D eigenvalue weighted by atomic mass is 10.0. The van der Waals surface area contributed by atoms with Crippen LogP contribution in [0.1, 0.15) is 52.4 Å². The fourth-order valence-electron chi connectivity index (χ4n) is 2.82. The molecule has 0 unspecified atom stereocenters. The number of carbonyl (C=O) groups is 3. The van der Waals surface area contributed by atoms with Crippen LogP contribution in [-0.2, 0) is 11.2 Å². The van der Waals surface area contributed by atoms with Crippen LogP contribution >= 0.6 is 0 Å². The highest BCUT2D eigenvalue weighted by atomic mass is 16.5. The van der Waals surface area contributed by atoms with Crippen LogP contribution in [0.2, 0.25) is 0 Å². The van der Waals surface area contributed by atoms with E-state index in [1.54, 1.807) is 31.2 Å². The number of benzene rings is 1. The molecule has 0 aliphatic heterocycles. The van der Waals surface area contributed by atoms with Gasteiger partial charge in [0, 0.05) is 16.9 Å². The van der Waals surface area contributed by atoms with Crippen LogP contribution in [-0.4, -0.2) is 34.4 Å². The van der Waals surface area contributed by atoms with E-state index in [9.17, 15) is 14.4 Å². The van der Waals surface area contributed by atoms with E-state index in [-0.39, 0.29) is 11.7 Å². The summed E-state index contributed by atoms with van der Waals surface area (Å²) in [4.78, 5) is 38.0. The average molecular weight is 358 g/mol. The summed E-state index contributed by atoms with van der Waals surface area (Å²) >= 11 is 0. The van der Waals surface area contributed by atoms with E-state index in [0.717, 1.165) is 12.0 Å². The molecule has 138 valence electrons. The van der Waals surface area contributed by atoms with Crippen molar-refractivity contribution in [1.29, 1.82) is 0 Å². The zero-order valence-corrected chi connectivity index (χ0v) is 15.0. The number of aromatic nitrogens is 1. The highest BCUT2D eigenvalue weighted by Crippen LogP contribution is 2.23. The van der Waals surface area contributed by atoms with Gasteiger partial charge >= 0.3 is 5.97 Å². The smallest absolute Gasteiger partial charge is 0.341 e. The molecule has 0 aliphatic rings. The molecule has 0 radical (unpaired) electrons. The lowest BCUT2D eigenvalue weighted by Gasteiger charge is -2.08. The summed E-state index contributed by atoms with van der Waals surface area (Å²) in [6.45, 7) is 4.83. The Labute approximate surface area is 151 Å². The van der Waals surface area contributed by atoms with Gasteiger partial charge in [0.05, 0.1) is 0 Å². The predicted molar refractivity (Wildman–Crippen MR) is 97.1 cm³/mol. The number of aryl methyl sites for hydroxylation is 1. The summed E-state index contributed by atoms with van der Waals surface area (Å²) < 4.78 is 5.05. The van der Waals surface area contributed by atoms with Gasteiger partial charge in [-0.2, -0.15) is 0 Å². The second kappa shape index (κ2) is 8.33. The molecule has 1 heterocycles. The minimum Gasteiger partial charge on any atom is -0.482 e. The second-order valence-corrected chi connectivity index (χ2v) is 5.95. The second-order valence-electron chi connectivity index (χ2n) is 5.95. The number of amides is 1. The molecule has 7 heteroatoms. The third-order valence-corrected chi connectivity index (χ3v) is 3.84. The van der Waals surface area contributed by atoms with Gasteiger partial charge in [-0.25, -0.2) is 4.79 Å². The monoisotopic (exact) mass is 358 g/mol. The first kappa shape index (κ1) is 19.2. The van der Waals surface area contributed by atoms with Gasteiger partial charge in [-0.3, -0.25) is 9.59 Å². The van der Waals surface area contributed by atoms with Crippen LogP contribution in [0.25, 0.3) is 0 Å². The van der Waals surface area contributed by atoms with Crippen molar-refractivity contribution in [2.45, 2.75) is 33.6 Å². The number of carbonyl (C=O) groups excluding carboxylic acids is 2. The van der Waals surface area contributed by atoms with Crippen LogP contribution < -0.4 is 10.1 Å². The van der Waals surface area contributed by atoms with Crippen molar-refractivity contribution in [3.05, 3.63) is 46.8 Å². The molecule has 2 rings (SSSR count). The molecule has 2 aromatic rings. The van der Waals surface area contributed by atoms with Crippen LogP contribution in [0, 0.1) is 6.92 Å². The van der Waals surface area contributed by atoms with Crippen molar-refractivity contribution < 1.29 is 24.2 Å². The van der Waals surface area contributed by atoms with Gasteiger partial charge in [0.2, 0.25) is 0 Å². The highest BCUT2D eigenvalue weighted by Gasteiger charge is 2.22. The maximum absolute atomic E-state index is 12.6. The minimum absolute atomic E-state index is 0.0683. The van der Waals surface area contributed by atoms with Gasteiger partial charge < -0.3 is 20.1 Å². The van der Waals surface area contributed by atoms with E-state index in [1.807, 2.05) is 6.92 Å². The molecule has 0 saturated carbocycles. The summed E-state index contributed by atoms with van der Waals surface area (Å²) in [6.07, 6.45) is 1.44. The number of rotatable bonds is 8. The number of hydrogen-bond donors (Lipinski definition) is 3. The third kappa shape index (κ3) is 4.50. The molecule has 0 saturated heterocycles. The Kier molecular flexibility index (Phi) is 6.16. The fourth-order valence-corrected chi connectivity index (χ4v) is 2.82. The number of H-pyrrole nitrogens is 1. The standard InChI is InChI=1S/C19H22N2O5/c1-4-5-15-17(12(3)22)11(2)20-18(15)19(25)21-13-6-8-14(9-7-13)26-10-16(23)24/h6-9,20H,4-5,10H2,1-3H3,(H,21,25)(H,23,24). The van der Waals surface area contributed by atoms with Crippen LogP contribution in [0.4, 0.5) is 5.69 Å². The zero-order valence-electron chi connectivity index (χ0n) is 15.0. The lowest BCUT2D eigenvalue weighted by molar-refractivity contribution is -0.139. The van der Waals surface area contributed by atoms with Gasteiger partial charge in [-0.1, -0.05) is 13.3 Å². The van der Waals surface area contributed by atoms with Crippen LogP contribution in [0.5, 0.6) is 5.75 Å². The van der Waals surface area contributed by atoms with Gasteiger partial charge in [0.1, 0.15) is 11.4 Å². The predicted octanol–water partition coefficient (Wildman–Crippen LogP) is 3.19. The molecule has 1 aromatic carbocycles. The number of aliphatic carboxylic acids is 1. The Morgan fingerprint density at radius 1 is 1.19 bits per heavy atom. The Balaban J connectivity index is 2.18. The quantitative estimate of drug-likeness (QED) is 0.628. The van der Waals surface area contributed by atoms with Gasteiger partial charge in [0.25, 0.3) is 5.91 Å². The first-order valence-electron chi connectivity index (χ1n) is 8.31. The maximum Gasteiger partial charge on any atom is 0.341 e. The Morgan fingerprint density at radius 3 is 2.38 bits per heavy atom. The van der Waals surface area contributed by atoms with Crippen LogP contribution in [0.15, 0.2) is 24.3 Å². The van der Waals surface area contributed by atoms with Crippen molar-refractivity contribution >= 4 is 23.3 Å². The summed E-state index contributed by atoms with van der Waals surface area (Å²) in [5.41, 5.74) is 2.92. The minimum atomic E-state index is -1.06. The molecule has 3 N–H and O–H groups in total.